The highest BCUT2D eigenvalue weighted by atomic mass is 35.5. The summed E-state index contributed by atoms with van der Waals surface area (Å²) in [6.07, 6.45) is -3.00. The maximum Gasteiger partial charge on any atom is 0.270 e. The Morgan fingerprint density at radius 2 is 1.78 bits per heavy atom. The highest BCUT2D eigenvalue weighted by Gasteiger charge is 2.12. The molecule has 0 saturated heterocycles. The Labute approximate surface area is 57.2 Å². The van der Waals surface area contributed by atoms with Crippen LogP contribution in [-0.4, -0.2) is 25.1 Å². The molecule has 0 aromatic heterocycles. The van der Waals surface area contributed by atoms with Gasteiger partial charge in [-0.1, -0.05) is 0 Å². The summed E-state index contributed by atoms with van der Waals surface area (Å²) in [4.78, 5) is 0. The van der Waals surface area contributed by atoms with E-state index < -0.39 is 22.3 Å². The lowest BCUT2D eigenvalue weighted by Gasteiger charge is -1.91. The van der Waals surface area contributed by atoms with Crippen molar-refractivity contribution in [1.29, 1.82) is 0 Å². The van der Waals surface area contributed by atoms with E-state index in [0.717, 1.165) is 0 Å². The summed E-state index contributed by atoms with van der Waals surface area (Å²) in [5.41, 5.74) is 0. The van der Waals surface area contributed by atoms with Crippen molar-refractivity contribution in [2.45, 2.75) is 6.43 Å². The molecular weight excluding hydrogens is 178 g/mol. The van der Waals surface area contributed by atoms with E-state index in [-0.39, 0.29) is 12.4 Å². The molecule has 0 fully saturated rings. The largest absolute Gasteiger partial charge is 0.285 e. The van der Waals surface area contributed by atoms with Crippen molar-refractivity contribution < 1.29 is 21.8 Å². The van der Waals surface area contributed by atoms with Gasteiger partial charge in [-0.2, -0.15) is 8.42 Å². The second kappa shape index (κ2) is 3.97. The van der Waals surface area contributed by atoms with Gasteiger partial charge in [-0.3, -0.25) is 4.55 Å². The molecule has 0 heterocycles. The maximum absolute atomic E-state index is 11.0. The van der Waals surface area contributed by atoms with Crippen molar-refractivity contribution in [3.63, 3.8) is 0 Å². The van der Waals surface area contributed by atoms with Crippen molar-refractivity contribution in [3.8, 4) is 0 Å². The lowest BCUT2D eigenvalue weighted by atomic mass is 10.9. The summed E-state index contributed by atoms with van der Waals surface area (Å²) in [7, 11) is -4.47. The fourth-order valence-corrected chi connectivity index (χ4v) is 0.478. The van der Waals surface area contributed by atoms with Crippen LogP contribution in [0, 0.1) is 0 Å². The van der Waals surface area contributed by atoms with Crippen LogP contribution in [0.2, 0.25) is 0 Å². The Kier molecular flexibility index (Phi) is 5.21. The van der Waals surface area contributed by atoms with Crippen molar-refractivity contribution in [1.82, 2.24) is 0 Å². The summed E-state index contributed by atoms with van der Waals surface area (Å²) in [6, 6.07) is 0. The molecule has 0 radical (unpaired) electrons. The van der Waals surface area contributed by atoms with E-state index in [4.69, 9.17) is 4.55 Å². The Bertz CT molecular complexity index is 153. The van der Waals surface area contributed by atoms with Gasteiger partial charge in [0, 0.05) is 0 Å². The predicted octanol–water partition coefficient (Wildman–Crippen LogP) is 0.561. The van der Waals surface area contributed by atoms with Crippen molar-refractivity contribution in [3.05, 3.63) is 0 Å². The molecule has 0 bridgehead atoms. The zero-order chi connectivity index (χ0) is 6.78. The van der Waals surface area contributed by atoms with E-state index in [2.05, 4.69) is 0 Å². The first-order valence-corrected chi connectivity index (χ1v) is 3.26. The second-order valence-corrected chi connectivity index (χ2v) is 2.64. The minimum absolute atomic E-state index is 0. The molecule has 1 N–H and O–H groups in total. The van der Waals surface area contributed by atoms with Crippen LogP contribution < -0.4 is 0 Å². The number of hydrogen-bond donors (Lipinski definition) is 1. The minimum Gasteiger partial charge on any atom is -0.285 e. The normalized spacial score (nSPS) is 11.1. The smallest absolute Gasteiger partial charge is 0.270 e. The van der Waals surface area contributed by atoms with Crippen LogP contribution in [0.25, 0.3) is 0 Å². The fraction of sp³-hybridized carbons (Fsp3) is 1.00. The van der Waals surface area contributed by atoms with E-state index in [9.17, 15) is 17.2 Å². The molecule has 9 heavy (non-hydrogen) atoms. The molecule has 0 unspecified atom stereocenters. The third-order valence-electron chi connectivity index (χ3n) is 0.337. The van der Waals surface area contributed by atoms with E-state index in [1.54, 1.807) is 0 Å². The first-order chi connectivity index (χ1) is 3.42. The van der Waals surface area contributed by atoms with Crippen LogP contribution in [0.1, 0.15) is 0 Å². The van der Waals surface area contributed by atoms with Crippen LogP contribution in [0.5, 0.6) is 0 Å². The van der Waals surface area contributed by atoms with Gasteiger partial charge < -0.3 is 0 Å². The molecule has 0 aromatic carbocycles. The number of rotatable bonds is 2. The van der Waals surface area contributed by atoms with Crippen molar-refractivity contribution in [2.24, 2.45) is 0 Å². The lowest BCUT2D eigenvalue weighted by molar-refractivity contribution is 0.172. The van der Waals surface area contributed by atoms with Crippen molar-refractivity contribution >= 4 is 22.5 Å². The van der Waals surface area contributed by atoms with Gasteiger partial charge >= 0.3 is 0 Å². The molecule has 0 amide bonds. The molecule has 0 aliphatic heterocycles. The molecular formula is C2H5ClF2O3S. The molecule has 58 valence electrons. The third kappa shape index (κ3) is 11.6. The summed E-state index contributed by atoms with van der Waals surface area (Å²) in [6.45, 7) is 0. The Hall–Kier alpha value is 0.0600. The molecule has 0 aromatic rings. The molecule has 7 heteroatoms. The number of hydrogen-bond acceptors (Lipinski definition) is 2. The number of alkyl halides is 2. The van der Waals surface area contributed by atoms with Crippen LogP contribution in [0.4, 0.5) is 8.78 Å². The average molecular weight is 183 g/mol. The van der Waals surface area contributed by atoms with Gasteiger partial charge in [-0.05, 0) is 0 Å². The van der Waals surface area contributed by atoms with Gasteiger partial charge in [0.1, 0.15) is 5.75 Å². The van der Waals surface area contributed by atoms with Crippen LogP contribution in [0.15, 0.2) is 0 Å². The minimum atomic E-state index is -4.47. The van der Waals surface area contributed by atoms with Gasteiger partial charge in [0.05, 0.1) is 0 Å². The Balaban J connectivity index is 0. The standard InChI is InChI=1S/C2H4F2O3S.ClH/c3-2(4)1-8(5,6)7;/h2H,1H2,(H,5,6,7);1H. The zero-order valence-corrected chi connectivity index (χ0v) is 5.75. The number of halogens is 3. The van der Waals surface area contributed by atoms with E-state index >= 15 is 0 Å². The first-order valence-electron chi connectivity index (χ1n) is 1.65. The Morgan fingerprint density at radius 1 is 1.44 bits per heavy atom. The van der Waals surface area contributed by atoms with Crippen LogP contribution >= 0.6 is 12.4 Å². The van der Waals surface area contributed by atoms with Gasteiger partial charge in [-0.15, -0.1) is 12.4 Å². The summed E-state index contributed by atoms with van der Waals surface area (Å²) >= 11 is 0. The summed E-state index contributed by atoms with van der Waals surface area (Å²) in [5, 5.41) is 0. The quantitative estimate of drug-likeness (QED) is 0.635. The maximum atomic E-state index is 11.0. The van der Waals surface area contributed by atoms with Crippen LogP contribution in [-0.2, 0) is 10.1 Å². The summed E-state index contributed by atoms with van der Waals surface area (Å²) in [5.74, 6) is -1.48. The van der Waals surface area contributed by atoms with Gasteiger partial charge in [0.25, 0.3) is 16.5 Å². The molecule has 0 rings (SSSR count). The Morgan fingerprint density at radius 3 is 1.78 bits per heavy atom. The molecule has 0 aliphatic rings. The van der Waals surface area contributed by atoms with Gasteiger partial charge in [0.2, 0.25) is 0 Å². The van der Waals surface area contributed by atoms with E-state index in [0.29, 0.717) is 0 Å². The monoisotopic (exact) mass is 182 g/mol. The first kappa shape index (κ1) is 11.8. The van der Waals surface area contributed by atoms with E-state index in [1.807, 2.05) is 0 Å². The van der Waals surface area contributed by atoms with E-state index in [1.165, 1.54) is 0 Å². The molecule has 0 aliphatic carbocycles. The predicted molar refractivity (Wildman–Crippen MR) is 29.7 cm³/mol. The fourth-order valence-electron chi connectivity index (χ4n) is 0.159. The topological polar surface area (TPSA) is 54.4 Å². The zero-order valence-electron chi connectivity index (χ0n) is 4.12. The average Bonchev–Trinajstić information content (AvgIpc) is 1.21. The van der Waals surface area contributed by atoms with Crippen molar-refractivity contribution in [2.75, 3.05) is 5.75 Å². The molecule has 0 atom stereocenters. The molecule has 3 nitrogen and oxygen atoms in total. The van der Waals surface area contributed by atoms with Gasteiger partial charge in [-0.25, -0.2) is 8.78 Å². The third-order valence-corrected chi connectivity index (χ3v) is 1.01. The highest BCUT2D eigenvalue weighted by Crippen LogP contribution is 1.95. The SMILES string of the molecule is Cl.O=S(=O)(O)CC(F)F. The van der Waals surface area contributed by atoms with Crippen LogP contribution in [0.3, 0.4) is 0 Å². The lowest BCUT2D eigenvalue weighted by Crippen LogP contribution is -2.11. The van der Waals surface area contributed by atoms with Gasteiger partial charge in [0.15, 0.2) is 0 Å². The summed E-state index contributed by atoms with van der Waals surface area (Å²) < 4.78 is 48.7. The second-order valence-electron chi connectivity index (χ2n) is 1.14. The highest BCUT2D eigenvalue weighted by molar-refractivity contribution is 7.85. The molecule has 0 spiro atoms. The molecule has 0 saturated carbocycles.